The van der Waals surface area contributed by atoms with Crippen LogP contribution in [0.2, 0.25) is 0 Å². The standard InChI is InChI=1S/C18H19N5O3S/c1-19-13-8-22(9-14(13)26-2)15-4-3-12-16(25)11(10-24)7-23(17(12)21-15)18-20-5-6-27-18/h3-7,10,13-14,19H,8-9H2,1-2H3/t13-,14-/m1/s1. The fraction of sp³-hybridized carbons (Fsp3) is 0.333. The van der Waals surface area contributed by atoms with Crippen LogP contribution in [0, 0.1) is 0 Å². The molecule has 0 radical (unpaired) electrons. The van der Waals surface area contributed by atoms with Crippen LogP contribution in [0.5, 0.6) is 0 Å². The second kappa shape index (κ2) is 7.18. The lowest BCUT2D eigenvalue weighted by atomic mass is 10.2. The number of aromatic nitrogens is 3. The van der Waals surface area contributed by atoms with Crippen LogP contribution in [-0.4, -0.2) is 60.2 Å². The highest BCUT2D eigenvalue weighted by molar-refractivity contribution is 7.12. The molecule has 0 spiro atoms. The van der Waals surface area contributed by atoms with Gasteiger partial charge in [0.15, 0.2) is 17.1 Å². The SMILES string of the molecule is CN[C@@H]1CN(c2ccc3c(=O)c(C=O)cn(-c4nccs4)c3n2)C[C@H]1OC. The Labute approximate surface area is 159 Å². The first-order valence-corrected chi connectivity index (χ1v) is 9.40. The minimum Gasteiger partial charge on any atom is -0.378 e. The molecule has 4 heterocycles. The number of nitrogens with zero attached hydrogens (tertiary/aromatic N) is 4. The third kappa shape index (κ3) is 3.03. The summed E-state index contributed by atoms with van der Waals surface area (Å²) in [4.78, 5) is 35.1. The lowest BCUT2D eigenvalue weighted by Crippen LogP contribution is -2.37. The first kappa shape index (κ1) is 17.8. The van der Waals surface area contributed by atoms with E-state index in [1.807, 2.05) is 18.5 Å². The Balaban J connectivity index is 1.86. The summed E-state index contributed by atoms with van der Waals surface area (Å²) in [5, 5.41) is 6.15. The topological polar surface area (TPSA) is 89.4 Å². The van der Waals surface area contributed by atoms with Gasteiger partial charge in [-0.15, -0.1) is 11.3 Å². The van der Waals surface area contributed by atoms with E-state index in [9.17, 15) is 9.59 Å². The molecule has 3 aromatic rings. The predicted octanol–water partition coefficient (Wildman–Crippen LogP) is 1.08. The molecular formula is C18H19N5O3S. The summed E-state index contributed by atoms with van der Waals surface area (Å²) in [6, 6.07) is 3.74. The molecule has 1 fully saturated rings. The van der Waals surface area contributed by atoms with Crippen LogP contribution in [0.25, 0.3) is 16.2 Å². The molecule has 0 bridgehead atoms. The lowest BCUT2D eigenvalue weighted by molar-refractivity contribution is 0.0996. The number of thiazole rings is 1. The molecule has 9 heteroatoms. The van der Waals surface area contributed by atoms with E-state index in [1.165, 1.54) is 17.5 Å². The molecule has 0 unspecified atom stereocenters. The van der Waals surface area contributed by atoms with E-state index in [1.54, 1.807) is 23.9 Å². The van der Waals surface area contributed by atoms with E-state index in [0.717, 1.165) is 12.4 Å². The van der Waals surface area contributed by atoms with Gasteiger partial charge >= 0.3 is 0 Å². The summed E-state index contributed by atoms with van der Waals surface area (Å²) in [6.45, 7) is 1.45. The molecule has 140 valence electrons. The minimum absolute atomic E-state index is 0.0612. The number of rotatable bonds is 5. The van der Waals surface area contributed by atoms with Gasteiger partial charge in [0.05, 0.1) is 23.1 Å². The van der Waals surface area contributed by atoms with Gasteiger partial charge in [0, 0.05) is 38.0 Å². The van der Waals surface area contributed by atoms with E-state index in [0.29, 0.717) is 29.0 Å². The number of carbonyl (C=O) groups excluding carboxylic acids is 1. The number of likely N-dealkylation sites (N-methyl/N-ethyl adjacent to an activating group) is 1. The third-order valence-electron chi connectivity index (χ3n) is 4.88. The Hall–Kier alpha value is -2.62. The Bertz CT molecular complexity index is 1020. The van der Waals surface area contributed by atoms with Gasteiger partial charge in [0.1, 0.15) is 5.82 Å². The normalized spacial score (nSPS) is 19.7. The molecule has 0 amide bonds. The van der Waals surface area contributed by atoms with Crippen LogP contribution in [0.15, 0.2) is 34.7 Å². The van der Waals surface area contributed by atoms with Crippen LogP contribution in [0.1, 0.15) is 10.4 Å². The summed E-state index contributed by atoms with van der Waals surface area (Å²) in [5.41, 5.74) is 0.249. The van der Waals surface area contributed by atoms with E-state index in [2.05, 4.69) is 15.2 Å². The van der Waals surface area contributed by atoms with Crippen molar-refractivity contribution < 1.29 is 9.53 Å². The number of aldehydes is 1. The van der Waals surface area contributed by atoms with E-state index < -0.39 is 0 Å². The van der Waals surface area contributed by atoms with Crippen LogP contribution in [0.3, 0.4) is 0 Å². The molecule has 0 saturated carbocycles. The van der Waals surface area contributed by atoms with Crippen LogP contribution < -0.4 is 15.6 Å². The van der Waals surface area contributed by atoms with Gasteiger partial charge in [-0.1, -0.05) is 0 Å². The summed E-state index contributed by atoms with van der Waals surface area (Å²) >= 11 is 1.41. The molecule has 0 aliphatic carbocycles. The number of nitrogens with one attached hydrogen (secondary N) is 1. The van der Waals surface area contributed by atoms with Crippen molar-refractivity contribution in [1.82, 2.24) is 19.9 Å². The van der Waals surface area contributed by atoms with Gasteiger partial charge in [-0.2, -0.15) is 0 Å². The average molecular weight is 385 g/mol. The van der Waals surface area contributed by atoms with Crippen molar-refractivity contribution in [2.75, 3.05) is 32.1 Å². The highest BCUT2D eigenvalue weighted by Crippen LogP contribution is 2.24. The molecule has 1 aliphatic heterocycles. The Morgan fingerprint density at radius 2 is 2.22 bits per heavy atom. The zero-order valence-corrected chi connectivity index (χ0v) is 15.8. The highest BCUT2D eigenvalue weighted by Gasteiger charge is 2.32. The van der Waals surface area contributed by atoms with Gasteiger partial charge in [-0.05, 0) is 19.2 Å². The Morgan fingerprint density at radius 3 is 2.85 bits per heavy atom. The van der Waals surface area contributed by atoms with E-state index in [4.69, 9.17) is 9.72 Å². The van der Waals surface area contributed by atoms with Crippen molar-refractivity contribution in [1.29, 1.82) is 0 Å². The maximum absolute atomic E-state index is 12.6. The molecule has 4 rings (SSSR count). The zero-order valence-electron chi connectivity index (χ0n) is 15.0. The van der Waals surface area contributed by atoms with Gasteiger partial charge in [-0.3, -0.25) is 14.2 Å². The summed E-state index contributed by atoms with van der Waals surface area (Å²) < 4.78 is 7.25. The maximum Gasteiger partial charge on any atom is 0.201 e. The molecule has 1 N–H and O–H groups in total. The van der Waals surface area contributed by atoms with Gasteiger partial charge in [0.25, 0.3) is 0 Å². The number of methoxy groups -OCH3 is 1. The molecule has 1 saturated heterocycles. The second-order valence-electron chi connectivity index (χ2n) is 6.33. The molecule has 1 aliphatic rings. The highest BCUT2D eigenvalue weighted by atomic mass is 32.1. The maximum atomic E-state index is 12.6. The molecule has 8 nitrogen and oxygen atoms in total. The summed E-state index contributed by atoms with van der Waals surface area (Å²) in [7, 11) is 3.61. The van der Waals surface area contributed by atoms with Gasteiger partial charge in [0.2, 0.25) is 5.43 Å². The first-order valence-electron chi connectivity index (χ1n) is 8.52. The molecule has 3 aromatic heterocycles. The molecular weight excluding hydrogens is 366 g/mol. The number of pyridine rings is 2. The summed E-state index contributed by atoms with van der Waals surface area (Å²) in [5.74, 6) is 0.755. The van der Waals surface area contributed by atoms with E-state index >= 15 is 0 Å². The second-order valence-corrected chi connectivity index (χ2v) is 7.20. The predicted molar refractivity (Wildman–Crippen MR) is 104 cm³/mol. The van der Waals surface area contributed by atoms with Crippen molar-refractivity contribution in [3.8, 4) is 5.13 Å². The number of hydrogen-bond donors (Lipinski definition) is 1. The lowest BCUT2D eigenvalue weighted by Gasteiger charge is -2.18. The van der Waals surface area contributed by atoms with E-state index in [-0.39, 0.29) is 23.1 Å². The molecule has 2 atom stereocenters. The van der Waals surface area contributed by atoms with Crippen molar-refractivity contribution in [3.63, 3.8) is 0 Å². The molecule has 27 heavy (non-hydrogen) atoms. The summed E-state index contributed by atoms with van der Waals surface area (Å²) in [6.07, 6.45) is 3.81. The fourth-order valence-electron chi connectivity index (χ4n) is 3.43. The monoisotopic (exact) mass is 385 g/mol. The first-order chi connectivity index (χ1) is 13.2. The largest absolute Gasteiger partial charge is 0.378 e. The number of carbonyl (C=O) groups is 1. The van der Waals surface area contributed by atoms with Gasteiger partial charge < -0.3 is 15.0 Å². The number of anilines is 1. The van der Waals surface area contributed by atoms with Crippen molar-refractivity contribution >= 4 is 34.5 Å². The minimum atomic E-state index is -0.323. The van der Waals surface area contributed by atoms with Crippen molar-refractivity contribution in [2.24, 2.45) is 0 Å². The van der Waals surface area contributed by atoms with Crippen molar-refractivity contribution in [2.45, 2.75) is 12.1 Å². The number of ether oxygens (including phenoxy) is 1. The number of hydrogen-bond acceptors (Lipinski definition) is 8. The van der Waals surface area contributed by atoms with Crippen LogP contribution in [-0.2, 0) is 4.74 Å². The Morgan fingerprint density at radius 1 is 1.37 bits per heavy atom. The number of fused-ring (bicyclic) bond motifs is 1. The quantitative estimate of drug-likeness (QED) is 0.657. The smallest absolute Gasteiger partial charge is 0.201 e. The van der Waals surface area contributed by atoms with Crippen LogP contribution in [0.4, 0.5) is 5.82 Å². The molecule has 0 aromatic carbocycles. The van der Waals surface area contributed by atoms with Crippen LogP contribution >= 0.6 is 11.3 Å². The zero-order chi connectivity index (χ0) is 19.0. The van der Waals surface area contributed by atoms with Crippen molar-refractivity contribution in [3.05, 3.63) is 45.7 Å². The third-order valence-corrected chi connectivity index (χ3v) is 5.65. The Kier molecular flexibility index (Phi) is 4.73. The van der Waals surface area contributed by atoms with Gasteiger partial charge in [-0.25, -0.2) is 9.97 Å². The average Bonchev–Trinajstić information content (AvgIpc) is 3.37. The fourth-order valence-corrected chi connectivity index (χ4v) is 4.05.